The number of nitrogens with one attached hydrogen (secondary N) is 3. The quantitative estimate of drug-likeness (QED) is 0.248. The Balaban J connectivity index is 1.71. The number of carbonyl (C=O) groups excluding carboxylic acids is 2. The fourth-order valence-electron chi connectivity index (χ4n) is 4.10. The van der Waals surface area contributed by atoms with Crippen molar-refractivity contribution >= 4 is 45.5 Å². The van der Waals surface area contributed by atoms with E-state index in [0.29, 0.717) is 33.7 Å². The second-order valence-electron chi connectivity index (χ2n) is 8.22. The second kappa shape index (κ2) is 13.4. The van der Waals surface area contributed by atoms with Crippen LogP contribution in [0.4, 0.5) is 5.00 Å². The minimum Gasteiger partial charge on any atom is -0.493 e. The topological polar surface area (TPSA) is 97.9 Å². The van der Waals surface area contributed by atoms with Crippen LogP contribution in [0.5, 0.6) is 11.5 Å². The molecule has 35 heavy (non-hydrogen) atoms. The summed E-state index contributed by atoms with van der Waals surface area (Å²) in [5, 5.41) is 11.5. The zero-order valence-corrected chi connectivity index (χ0v) is 22.0. The average molecular weight is 520 g/mol. The zero-order valence-electron chi connectivity index (χ0n) is 20.4. The van der Waals surface area contributed by atoms with Crippen molar-refractivity contribution < 1.29 is 23.8 Å². The Hall–Kier alpha value is -2.69. The van der Waals surface area contributed by atoms with Gasteiger partial charge in [-0.2, -0.15) is 0 Å². The van der Waals surface area contributed by atoms with Crippen LogP contribution in [0.2, 0.25) is 0 Å². The van der Waals surface area contributed by atoms with Crippen molar-refractivity contribution in [3.05, 3.63) is 29.1 Å². The van der Waals surface area contributed by atoms with Gasteiger partial charge in [-0.25, -0.2) is 4.79 Å². The Labute approximate surface area is 215 Å². The molecule has 0 atom stereocenters. The molecule has 0 unspecified atom stereocenters. The van der Waals surface area contributed by atoms with Crippen LogP contribution in [0, 0.1) is 0 Å². The maximum absolute atomic E-state index is 12.9. The molecule has 8 nitrogen and oxygen atoms in total. The van der Waals surface area contributed by atoms with Gasteiger partial charge < -0.3 is 30.2 Å². The smallest absolute Gasteiger partial charge is 0.341 e. The van der Waals surface area contributed by atoms with Crippen LogP contribution in [-0.2, 0) is 9.53 Å². The number of thiocarbonyl (C=S) groups is 1. The van der Waals surface area contributed by atoms with Crippen molar-refractivity contribution in [3.63, 3.8) is 0 Å². The Morgan fingerprint density at radius 3 is 2.46 bits per heavy atom. The molecular weight excluding hydrogens is 486 g/mol. The number of benzene rings is 1. The number of methoxy groups -OCH3 is 2. The van der Waals surface area contributed by atoms with Crippen LogP contribution in [-0.4, -0.2) is 50.4 Å². The summed E-state index contributed by atoms with van der Waals surface area (Å²) in [7, 11) is 3.12. The maximum Gasteiger partial charge on any atom is 0.341 e. The van der Waals surface area contributed by atoms with E-state index < -0.39 is 5.97 Å². The van der Waals surface area contributed by atoms with E-state index in [0.717, 1.165) is 18.4 Å². The molecule has 0 saturated heterocycles. The molecule has 0 radical (unpaired) electrons. The first kappa shape index (κ1) is 26.9. The molecule has 1 aromatic heterocycles. The molecule has 3 rings (SSSR count). The third kappa shape index (κ3) is 7.39. The number of hydrogen-bond donors (Lipinski definition) is 3. The third-order valence-corrected chi connectivity index (χ3v) is 6.95. The van der Waals surface area contributed by atoms with Crippen molar-refractivity contribution in [2.75, 3.05) is 32.7 Å². The molecule has 2 aromatic rings. The number of esters is 1. The molecule has 0 bridgehead atoms. The van der Waals surface area contributed by atoms with E-state index >= 15 is 0 Å². The largest absolute Gasteiger partial charge is 0.493 e. The lowest BCUT2D eigenvalue weighted by Gasteiger charge is -2.16. The molecule has 0 aliphatic heterocycles. The van der Waals surface area contributed by atoms with E-state index in [1.54, 1.807) is 33.3 Å². The molecule has 0 spiro atoms. The van der Waals surface area contributed by atoms with E-state index in [9.17, 15) is 9.59 Å². The highest BCUT2D eigenvalue weighted by Gasteiger charge is 2.23. The summed E-state index contributed by atoms with van der Waals surface area (Å²) in [5.74, 6) is 0.430. The monoisotopic (exact) mass is 519 g/mol. The minimum absolute atomic E-state index is 0.129. The number of amides is 1. The predicted octanol–water partition coefficient (Wildman–Crippen LogP) is 4.73. The van der Waals surface area contributed by atoms with Gasteiger partial charge in [-0.05, 0) is 49.7 Å². The summed E-state index contributed by atoms with van der Waals surface area (Å²) < 4.78 is 16.0. The van der Waals surface area contributed by atoms with Crippen LogP contribution in [0.1, 0.15) is 55.8 Å². The summed E-state index contributed by atoms with van der Waals surface area (Å²) in [6.07, 6.45) is 7.08. The van der Waals surface area contributed by atoms with E-state index in [1.807, 2.05) is 11.4 Å². The highest BCUT2D eigenvalue weighted by molar-refractivity contribution is 7.80. The zero-order chi connectivity index (χ0) is 25.2. The van der Waals surface area contributed by atoms with Gasteiger partial charge in [-0.1, -0.05) is 31.7 Å². The van der Waals surface area contributed by atoms with Gasteiger partial charge in [0.1, 0.15) is 10.6 Å². The number of rotatable bonds is 9. The molecule has 190 valence electrons. The SMILES string of the molecule is CCOC(=O)c1c(-c2ccc(OC)c(OC)c2)csc1NC(=S)NC(=O)CNC1CCCCCC1. The molecule has 1 heterocycles. The van der Waals surface area contributed by atoms with Crippen molar-refractivity contribution in [3.8, 4) is 22.6 Å². The standard InChI is InChI=1S/C25H33N3O5S2/c1-4-33-24(30)22-18(16-11-12-19(31-2)20(13-16)32-3)15-35-23(22)28-25(34)27-21(29)14-26-17-9-7-5-6-8-10-17/h11-13,15,17,26H,4-10,14H2,1-3H3,(H2,27,28,29,34). The van der Waals surface area contributed by atoms with Gasteiger partial charge in [0.05, 0.1) is 27.4 Å². The summed E-state index contributed by atoms with van der Waals surface area (Å²) in [5.41, 5.74) is 1.77. The van der Waals surface area contributed by atoms with Crippen LogP contribution < -0.4 is 25.4 Å². The van der Waals surface area contributed by atoms with Gasteiger partial charge >= 0.3 is 5.97 Å². The van der Waals surface area contributed by atoms with Crippen molar-refractivity contribution in [2.45, 2.75) is 51.5 Å². The third-order valence-electron chi connectivity index (χ3n) is 5.85. The predicted molar refractivity (Wildman–Crippen MR) is 143 cm³/mol. The summed E-state index contributed by atoms with van der Waals surface area (Å²) in [6, 6.07) is 5.78. The first-order valence-corrected chi connectivity index (χ1v) is 13.1. The van der Waals surface area contributed by atoms with Crippen LogP contribution in [0.25, 0.3) is 11.1 Å². The summed E-state index contributed by atoms with van der Waals surface area (Å²) >= 11 is 6.66. The molecule has 3 N–H and O–H groups in total. The lowest BCUT2D eigenvalue weighted by Crippen LogP contribution is -2.42. The minimum atomic E-state index is -0.481. The number of ether oxygens (including phenoxy) is 3. The Kier molecular flexibility index (Phi) is 10.3. The van der Waals surface area contributed by atoms with Crippen LogP contribution in [0.3, 0.4) is 0 Å². The molecule has 1 aromatic carbocycles. The number of hydrogen-bond acceptors (Lipinski definition) is 8. The molecule has 10 heteroatoms. The Morgan fingerprint density at radius 1 is 1.09 bits per heavy atom. The number of carbonyl (C=O) groups is 2. The average Bonchev–Trinajstić information content (AvgIpc) is 3.08. The van der Waals surface area contributed by atoms with Crippen molar-refractivity contribution in [2.24, 2.45) is 0 Å². The lowest BCUT2D eigenvalue weighted by atomic mass is 10.0. The van der Waals surface area contributed by atoms with Crippen molar-refractivity contribution in [1.29, 1.82) is 0 Å². The lowest BCUT2D eigenvalue weighted by molar-refractivity contribution is -0.118. The Bertz CT molecular complexity index is 1030. The maximum atomic E-state index is 12.9. The fraction of sp³-hybridized carbons (Fsp3) is 0.480. The molecule has 1 fully saturated rings. The highest BCUT2D eigenvalue weighted by Crippen LogP contribution is 2.39. The molecular formula is C25H33N3O5S2. The van der Waals surface area contributed by atoms with E-state index in [2.05, 4.69) is 16.0 Å². The van der Waals surface area contributed by atoms with Gasteiger partial charge in [0.25, 0.3) is 0 Å². The number of anilines is 1. The normalized spacial score (nSPS) is 14.0. The van der Waals surface area contributed by atoms with Gasteiger partial charge in [0.2, 0.25) is 5.91 Å². The first-order valence-electron chi connectivity index (χ1n) is 11.8. The van der Waals surface area contributed by atoms with E-state index in [4.69, 9.17) is 26.4 Å². The van der Waals surface area contributed by atoms with E-state index in [-0.39, 0.29) is 24.2 Å². The molecule has 1 aliphatic carbocycles. The number of thiophene rings is 1. The van der Waals surface area contributed by atoms with Crippen LogP contribution in [0.15, 0.2) is 23.6 Å². The van der Waals surface area contributed by atoms with Gasteiger partial charge in [0, 0.05) is 17.0 Å². The van der Waals surface area contributed by atoms with E-state index in [1.165, 1.54) is 37.0 Å². The molecule has 1 saturated carbocycles. The van der Waals surface area contributed by atoms with Gasteiger partial charge in [-0.3, -0.25) is 4.79 Å². The van der Waals surface area contributed by atoms with Crippen LogP contribution >= 0.6 is 23.6 Å². The van der Waals surface area contributed by atoms with Gasteiger partial charge in [-0.15, -0.1) is 11.3 Å². The highest BCUT2D eigenvalue weighted by atomic mass is 32.1. The second-order valence-corrected chi connectivity index (χ2v) is 9.50. The summed E-state index contributed by atoms with van der Waals surface area (Å²) in [4.78, 5) is 25.3. The first-order chi connectivity index (χ1) is 17.0. The van der Waals surface area contributed by atoms with Crippen molar-refractivity contribution in [1.82, 2.24) is 10.6 Å². The molecule has 1 aliphatic rings. The van der Waals surface area contributed by atoms with Gasteiger partial charge in [0.15, 0.2) is 16.6 Å². The summed E-state index contributed by atoms with van der Waals surface area (Å²) in [6.45, 7) is 2.17. The fourth-order valence-corrected chi connectivity index (χ4v) is 5.34. The molecule has 1 amide bonds. The Morgan fingerprint density at radius 2 is 1.80 bits per heavy atom.